The Morgan fingerprint density at radius 1 is 0.962 bits per heavy atom. The molecule has 138 valence electrons. The number of carbonyl (C=O) groups excluding carboxylic acids is 1. The molecule has 4 rings (SSSR count). The summed E-state index contributed by atoms with van der Waals surface area (Å²) in [6.45, 7) is 3.16. The van der Waals surface area contributed by atoms with E-state index >= 15 is 0 Å². The topological polar surface area (TPSA) is 29.5 Å². The maximum absolute atomic E-state index is 12.3. The van der Waals surface area contributed by atoms with Crippen LogP contribution in [0.3, 0.4) is 0 Å². The lowest BCUT2D eigenvalue weighted by molar-refractivity contribution is -0.0565. The Labute approximate surface area is 161 Å². The van der Waals surface area contributed by atoms with Crippen molar-refractivity contribution in [3.8, 4) is 0 Å². The number of esters is 1. The van der Waals surface area contributed by atoms with E-state index in [0.717, 1.165) is 56.4 Å². The third-order valence-corrected chi connectivity index (χ3v) is 5.61. The summed E-state index contributed by atoms with van der Waals surface area (Å²) in [5, 5.41) is 0. The fraction of sp³-hybridized carbons (Fsp3) is 0.409. The van der Waals surface area contributed by atoms with Crippen LogP contribution in [0.25, 0.3) is 0 Å². The lowest BCUT2D eigenvalue weighted by Gasteiger charge is -2.43. The first-order chi connectivity index (χ1) is 12.2. The normalized spacial score (nSPS) is 18.7. The zero-order chi connectivity index (χ0) is 17.1. The van der Waals surface area contributed by atoms with Crippen molar-refractivity contribution in [2.45, 2.75) is 37.7 Å². The second-order valence-corrected chi connectivity index (χ2v) is 7.34. The zero-order valence-electron chi connectivity index (χ0n) is 15.0. The molecule has 2 aliphatic rings. The second kappa shape index (κ2) is 8.24. The molecule has 4 heteroatoms. The standard InChI is InChI=1S/C22H25NO2.ClH/c24-21-20-11-5-4-10-19(20)17-22(25-21)12-15-23(16-13-22)14-6-9-18-7-2-1-3-8-18;/h1-5,7-8,10-11H,6,9,12-17H2;1H. The quantitative estimate of drug-likeness (QED) is 0.751. The molecule has 0 aliphatic carbocycles. The number of ether oxygens (including phenoxy) is 1. The van der Waals surface area contributed by atoms with Crippen LogP contribution in [-0.4, -0.2) is 36.1 Å². The number of aryl methyl sites for hydroxylation is 1. The SMILES string of the molecule is Cl.O=C1OC2(CCN(CCCc3ccccc3)CC2)Cc2ccccc21. The lowest BCUT2D eigenvalue weighted by Crippen LogP contribution is -2.50. The molecule has 0 bridgehead atoms. The predicted octanol–water partition coefficient (Wildman–Crippen LogP) is 4.29. The molecule has 0 atom stereocenters. The summed E-state index contributed by atoms with van der Waals surface area (Å²) in [4.78, 5) is 14.8. The molecule has 2 aromatic rings. The number of likely N-dealkylation sites (tertiary alicyclic amines) is 1. The molecule has 0 N–H and O–H groups in total. The van der Waals surface area contributed by atoms with Gasteiger partial charge in [-0.15, -0.1) is 12.4 Å². The third-order valence-electron chi connectivity index (χ3n) is 5.61. The number of nitrogens with zero attached hydrogens (tertiary/aromatic N) is 1. The maximum atomic E-state index is 12.3. The molecular weight excluding hydrogens is 346 g/mol. The molecule has 0 radical (unpaired) electrons. The van der Waals surface area contributed by atoms with Crippen LogP contribution in [0.15, 0.2) is 54.6 Å². The maximum Gasteiger partial charge on any atom is 0.338 e. The number of halogens is 1. The van der Waals surface area contributed by atoms with Crippen molar-refractivity contribution in [2.24, 2.45) is 0 Å². The molecule has 1 saturated heterocycles. The van der Waals surface area contributed by atoms with Crippen LogP contribution in [-0.2, 0) is 17.6 Å². The van der Waals surface area contributed by atoms with Crippen molar-refractivity contribution in [3.63, 3.8) is 0 Å². The molecular formula is C22H26ClNO2. The minimum atomic E-state index is -0.276. The average molecular weight is 372 g/mol. The van der Waals surface area contributed by atoms with Crippen molar-refractivity contribution in [2.75, 3.05) is 19.6 Å². The van der Waals surface area contributed by atoms with Crippen molar-refractivity contribution < 1.29 is 9.53 Å². The Morgan fingerprint density at radius 3 is 2.42 bits per heavy atom. The minimum absolute atomic E-state index is 0. The van der Waals surface area contributed by atoms with Gasteiger partial charge in [-0.2, -0.15) is 0 Å². The van der Waals surface area contributed by atoms with Crippen LogP contribution in [0.5, 0.6) is 0 Å². The molecule has 3 nitrogen and oxygen atoms in total. The van der Waals surface area contributed by atoms with Crippen LogP contribution in [0.4, 0.5) is 0 Å². The van der Waals surface area contributed by atoms with Gasteiger partial charge in [0, 0.05) is 32.4 Å². The van der Waals surface area contributed by atoms with E-state index in [1.165, 1.54) is 12.0 Å². The second-order valence-electron chi connectivity index (χ2n) is 7.34. The molecule has 1 fully saturated rings. The van der Waals surface area contributed by atoms with Crippen molar-refractivity contribution >= 4 is 18.4 Å². The molecule has 0 unspecified atom stereocenters. The molecule has 26 heavy (non-hydrogen) atoms. The van der Waals surface area contributed by atoms with E-state index in [1.54, 1.807) is 0 Å². The van der Waals surface area contributed by atoms with E-state index in [0.29, 0.717) is 0 Å². The number of hydrogen-bond donors (Lipinski definition) is 0. The van der Waals surface area contributed by atoms with Gasteiger partial charge in [0.25, 0.3) is 0 Å². The summed E-state index contributed by atoms with van der Waals surface area (Å²) in [6.07, 6.45) is 5.06. The first-order valence-electron chi connectivity index (χ1n) is 9.32. The van der Waals surface area contributed by atoms with Gasteiger partial charge in [0.15, 0.2) is 0 Å². The van der Waals surface area contributed by atoms with Gasteiger partial charge in [0.05, 0.1) is 5.56 Å². The third kappa shape index (κ3) is 4.11. The van der Waals surface area contributed by atoms with E-state index in [4.69, 9.17) is 4.74 Å². The van der Waals surface area contributed by atoms with Gasteiger partial charge < -0.3 is 9.64 Å². The molecule has 0 saturated carbocycles. The Bertz CT molecular complexity index is 739. The fourth-order valence-electron chi connectivity index (χ4n) is 4.12. The van der Waals surface area contributed by atoms with E-state index in [-0.39, 0.29) is 24.0 Å². The van der Waals surface area contributed by atoms with E-state index in [9.17, 15) is 4.79 Å². The molecule has 2 aliphatic heterocycles. The van der Waals surface area contributed by atoms with Crippen LogP contribution in [0.2, 0.25) is 0 Å². The predicted molar refractivity (Wildman–Crippen MR) is 106 cm³/mol. The Hall–Kier alpha value is -1.84. The van der Waals surface area contributed by atoms with Gasteiger partial charge in [-0.3, -0.25) is 0 Å². The van der Waals surface area contributed by atoms with Gasteiger partial charge in [0.1, 0.15) is 5.60 Å². The summed E-state index contributed by atoms with van der Waals surface area (Å²) in [5.41, 5.74) is 3.03. The van der Waals surface area contributed by atoms with E-state index in [2.05, 4.69) is 41.3 Å². The van der Waals surface area contributed by atoms with Crippen molar-refractivity contribution in [1.29, 1.82) is 0 Å². The Morgan fingerprint density at radius 2 is 1.65 bits per heavy atom. The Balaban J connectivity index is 0.00000196. The molecule has 2 aromatic carbocycles. The number of fused-ring (bicyclic) bond motifs is 1. The van der Waals surface area contributed by atoms with Crippen molar-refractivity contribution in [1.82, 2.24) is 4.90 Å². The number of carbonyl (C=O) groups is 1. The van der Waals surface area contributed by atoms with Gasteiger partial charge >= 0.3 is 5.97 Å². The highest BCUT2D eigenvalue weighted by Crippen LogP contribution is 2.36. The van der Waals surface area contributed by atoms with Crippen molar-refractivity contribution in [3.05, 3.63) is 71.3 Å². The highest BCUT2D eigenvalue weighted by molar-refractivity contribution is 5.92. The summed E-state index contributed by atoms with van der Waals surface area (Å²) in [7, 11) is 0. The van der Waals surface area contributed by atoms with Gasteiger partial charge in [-0.05, 0) is 36.6 Å². The summed E-state index contributed by atoms with van der Waals surface area (Å²) in [5.74, 6) is -0.139. The summed E-state index contributed by atoms with van der Waals surface area (Å²) in [6, 6.07) is 18.6. The average Bonchev–Trinajstić information content (AvgIpc) is 2.64. The molecule has 0 amide bonds. The van der Waals surface area contributed by atoms with E-state index < -0.39 is 0 Å². The number of rotatable bonds is 4. The molecule has 0 aromatic heterocycles. The fourth-order valence-corrected chi connectivity index (χ4v) is 4.12. The summed E-state index contributed by atoms with van der Waals surface area (Å²) >= 11 is 0. The number of piperidine rings is 1. The first-order valence-corrected chi connectivity index (χ1v) is 9.32. The van der Waals surface area contributed by atoms with Crippen LogP contribution < -0.4 is 0 Å². The highest BCUT2D eigenvalue weighted by atomic mass is 35.5. The van der Waals surface area contributed by atoms with Crippen LogP contribution >= 0.6 is 12.4 Å². The highest BCUT2D eigenvalue weighted by Gasteiger charge is 2.42. The number of hydrogen-bond acceptors (Lipinski definition) is 3. The van der Waals surface area contributed by atoms with E-state index in [1.807, 2.05) is 18.2 Å². The molecule has 1 spiro atoms. The van der Waals surface area contributed by atoms with Gasteiger partial charge in [-0.1, -0.05) is 48.5 Å². The van der Waals surface area contributed by atoms with Gasteiger partial charge in [0.2, 0.25) is 0 Å². The smallest absolute Gasteiger partial charge is 0.338 e. The summed E-state index contributed by atoms with van der Waals surface area (Å²) < 4.78 is 5.90. The molecule has 2 heterocycles. The van der Waals surface area contributed by atoms with Crippen LogP contribution in [0.1, 0.15) is 40.7 Å². The first kappa shape index (κ1) is 18.9. The monoisotopic (exact) mass is 371 g/mol. The Kier molecular flexibility index (Phi) is 6.00. The zero-order valence-corrected chi connectivity index (χ0v) is 15.8. The minimum Gasteiger partial charge on any atom is -0.455 e. The van der Waals surface area contributed by atoms with Gasteiger partial charge in [-0.25, -0.2) is 4.79 Å². The largest absolute Gasteiger partial charge is 0.455 e. The lowest BCUT2D eigenvalue weighted by atomic mass is 9.81. The number of benzene rings is 2. The van der Waals surface area contributed by atoms with Crippen LogP contribution in [0, 0.1) is 0 Å².